The van der Waals surface area contributed by atoms with Crippen molar-refractivity contribution in [1.82, 2.24) is 0 Å². The molecule has 0 aromatic heterocycles. The monoisotopic (exact) mass is 244 g/mol. The van der Waals surface area contributed by atoms with E-state index in [4.69, 9.17) is 5.73 Å². The molecule has 0 spiro atoms. The highest BCUT2D eigenvalue weighted by Gasteiger charge is 2.01. The summed E-state index contributed by atoms with van der Waals surface area (Å²) in [4.78, 5) is 3.93. The summed E-state index contributed by atoms with van der Waals surface area (Å²) < 4.78 is 13.9. The fourth-order valence-corrected chi connectivity index (χ4v) is 1.15. The Balaban J connectivity index is 3.07. The van der Waals surface area contributed by atoms with E-state index in [1.807, 2.05) is 6.92 Å². The SMILES string of the molecule is CCC(N)=Nc1cc(Br)ccc1F. The first-order valence-electron chi connectivity index (χ1n) is 3.91. The van der Waals surface area contributed by atoms with Gasteiger partial charge in [0.25, 0.3) is 0 Å². The van der Waals surface area contributed by atoms with Gasteiger partial charge in [-0.25, -0.2) is 9.38 Å². The summed E-state index contributed by atoms with van der Waals surface area (Å²) in [6.07, 6.45) is 0.617. The molecule has 0 heterocycles. The maximum absolute atomic E-state index is 13.1. The average Bonchev–Trinajstić information content (AvgIpc) is 2.11. The van der Waals surface area contributed by atoms with Gasteiger partial charge in [0.05, 0.1) is 5.84 Å². The van der Waals surface area contributed by atoms with Gasteiger partial charge < -0.3 is 5.73 Å². The fourth-order valence-electron chi connectivity index (χ4n) is 0.805. The number of nitrogens with two attached hydrogens (primary N) is 1. The first-order chi connectivity index (χ1) is 6.13. The predicted molar refractivity (Wildman–Crippen MR) is 55.7 cm³/mol. The summed E-state index contributed by atoms with van der Waals surface area (Å²) in [6, 6.07) is 4.57. The second-order valence-electron chi connectivity index (χ2n) is 2.55. The van der Waals surface area contributed by atoms with Crippen molar-refractivity contribution in [2.75, 3.05) is 0 Å². The summed E-state index contributed by atoms with van der Waals surface area (Å²) in [7, 11) is 0. The molecule has 0 aliphatic heterocycles. The minimum atomic E-state index is -0.361. The van der Waals surface area contributed by atoms with E-state index in [0.29, 0.717) is 12.3 Å². The van der Waals surface area contributed by atoms with Crippen molar-refractivity contribution in [3.8, 4) is 0 Å². The third-order valence-corrected chi connectivity index (χ3v) is 2.03. The smallest absolute Gasteiger partial charge is 0.148 e. The highest BCUT2D eigenvalue weighted by atomic mass is 79.9. The van der Waals surface area contributed by atoms with Crippen LogP contribution in [0.3, 0.4) is 0 Å². The Kier molecular flexibility index (Phi) is 3.42. The molecule has 0 aliphatic rings. The molecule has 4 heteroatoms. The zero-order chi connectivity index (χ0) is 9.84. The molecular weight excluding hydrogens is 235 g/mol. The van der Waals surface area contributed by atoms with Crippen LogP contribution in [0.4, 0.5) is 10.1 Å². The predicted octanol–water partition coefficient (Wildman–Crippen LogP) is 2.99. The lowest BCUT2D eigenvalue weighted by molar-refractivity contribution is 0.629. The van der Waals surface area contributed by atoms with Crippen molar-refractivity contribution >= 4 is 27.5 Å². The molecule has 0 saturated heterocycles. The first kappa shape index (κ1) is 10.2. The lowest BCUT2D eigenvalue weighted by Gasteiger charge is -1.99. The van der Waals surface area contributed by atoms with Gasteiger partial charge in [-0.05, 0) is 18.2 Å². The zero-order valence-electron chi connectivity index (χ0n) is 7.22. The van der Waals surface area contributed by atoms with Crippen LogP contribution in [0.25, 0.3) is 0 Å². The molecule has 2 nitrogen and oxygen atoms in total. The molecule has 0 unspecified atom stereocenters. The van der Waals surface area contributed by atoms with Crippen LogP contribution in [0.5, 0.6) is 0 Å². The Morgan fingerprint density at radius 1 is 1.62 bits per heavy atom. The molecule has 1 aromatic carbocycles. The number of aliphatic imine (C=N–C) groups is 1. The Labute approximate surface area is 84.8 Å². The summed E-state index contributed by atoms with van der Waals surface area (Å²) >= 11 is 3.23. The zero-order valence-corrected chi connectivity index (χ0v) is 8.81. The molecule has 13 heavy (non-hydrogen) atoms. The normalized spacial score (nSPS) is 11.8. The number of hydrogen-bond donors (Lipinski definition) is 1. The third-order valence-electron chi connectivity index (χ3n) is 1.53. The fraction of sp³-hybridized carbons (Fsp3) is 0.222. The van der Waals surface area contributed by atoms with Crippen LogP contribution in [0.1, 0.15) is 13.3 Å². The number of benzene rings is 1. The second-order valence-corrected chi connectivity index (χ2v) is 3.47. The highest BCUT2D eigenvalue weighted by Crippen LogP contribution is 2.22. The van der Waals surface area contributed by atoms with Gasteiger partial charge in [-0.15, -0.1) is 0 Å². The maximum Gasteiger partial charge on any atom is 0.148 e. The summed E-state index contributed by atoms with van der Waals surface area (Å²) in [5.41, 5.74) is 5.76. The van der Waals surface area contributed by atoms with Gasteiger partial charge in [-0.2, -0.15) is 0 Å². The van der Waals surface area contributed by atoms with Gasteiger partial charge in [0.2, 0.25) is 0 Å². The number of hydrogen-bond acceptors (Lipinski definition) is 1. The number of rotatable bonds is 2. The molecule has 0 amide bonds. The number of nitrogens with zero attached hydrogens (tertiary/aromatic N) is 1. The lowest BCUT2D eigenvalue weighted by Crippen LogP contribution is -2.08. The summed E-state index contributed by atoms with van der Waals surface area (Å²) in [5.74, 6) is 0.0663. The van der Waals surface area contributed by atoms with Crippen molar-refractivity contribution in [3.63, 3.8) is 0 Å². The van der Waals surface area contributed by atoms with E-state index >= 15 is 0 Å². The van der Waals surface area contributed by atoms with Crippen molar-refractivity contribution in [3.05, 3.63) is 28.5 Å². The van der Waals surface area contributed by atoms with Gasteiger partial charge in [0.15, 0.2) is 0 Å². The van der Waals surface area contributed by atoms with E-state index in [1.165, 1.54) is 6.07 Å². The lowest BCUT2D eigenvalue weighted by atomic mass is 10.3. The highest BCUT2D eigenvalue weighted by molar-refractivity contribution is 9.10. The molecule has 0 radical (unpaired) electrons. The van der Waals surface area contributed by atoms with Crippen LogP contribution >= 0.6 is 15.9 Å². The third kappa shape index (κ3) is 2.81. The first-order valence-corrected chi connectivity index (χ1v) is 4.71. The van der Waals surface area contributed by atoms with Gasteiger partial charge in [0, 0.05) is 10.9 Å². The molecule has 70 valence electrons. The minimum Gasteiger partial charge on any atom is -0.387 e. The summed E-state index contributed by atoms with van der Waals surface area (Å²) in [5, 5.41) is 0. The topological polar surface area (TPSA) is 38.4 Å². The molecule has 0 atom stereocenters. The van der Waals surface area contributed by atoms with Crippen molar-refractivity contribution < 1.29 is 4.39 Å². The van der Waals surface area contributed by atoms with Crippen molar-refractivity contribution in [2.45, 2.75) is 13.3 Å². The van der Waals surface area contributed by atoms with Crippen LogP contribution in [-0.4, -0.2) is 5.84 Å². The standard InChI is InChI=1S/C9H10BrFN2/c1-2-9(12)13-8-5-6(10)3-4-7(8)11/h3-5H,2H2,1H3,(H2,12,13). The summed E-state index contributed by atoms with van der Waals surface area (Å²) in [6.45, 7) is 1.87. The Bertz CT molecular complexity index is 336. The number of amidine groups is 1. The van der Waals surface area contributed by atoms with E-state index in [2.05, 4.69) is 20.9 Å². The number of halogens is 2. The Hall–Kier alpha value is -0.900. The van der Waals surface area contributed by atoms with Crippen LogP contribution in [0, 0.1) is 5.82 Å². The van der Waals surface area contributed by atoms with Gasteiger partial charge in [0.1, 0.15) is 11.5 Å². The van der Waals surface area contributed by atoms with E-state index in [1.54, 1.807) is 12.1 Å². The van der Waals surface area contributed by atoms with Crippen LogP contribution < -0.4 is 5.73 Å². The van der Waals surface area contributed by atoms with Gasteiger partial charge in [-0.1, -0.05) is 22.9 Å². The minimum absolute atomic E-state index is 0.272. The molecule has 0 fully saturated rings. The molecule has 1 aromatic rings. The van der Waals surface area contributed by atoms with Crippen LogP contribution in [0.2, 0.25) is 0 Å². The molecule has 0 saturated carbocycles. The molecular formula is C9H10BrFN2. The molecule has 1 rings (SSSR count). The second kappa shape index (κ2) is 4.37. The van der Waals surface area contributed by atoms with E-state index in [-0.39, 0.29) is 11.5 Å². The van der Waals surface area contributed by atoms with Crippen LogP contribution in [0.15, 0.2) is 27.7 Å². The van der Waals surface area contributed by atoms with E-state index in [9.17, 15) is 4.39 Å². The maximum atomic E-state index is 13.1. The van der Waals surface area contributed by atoms with Crippen molar-refractivity contribution in [1.29, 1.82) is 0 Å². The van der Waals surface area contributed by atoms with E-state index < -0.39 is 0 Å². The molecule has 2 N–H and O–H groups in total. The molecule has 0 bridgehead atoms. The largest absolute Gasteiger partial charge is 0.387 e. The average molecular weight is 245 g/mol. The van der Waals surface area contributed by atoms with Crippen LogP contribution in [-0.2, 0) is 0 Å². The Morgan fingerprint density at radius 3 is 2.92 bits per heavy atom. The quantitative estimate of drug-likeness (QED) is 0.631. The van der Waals surface area contributed by atoms with E-state index in [0.717, 1.165) is 4.47 Å². The van der Waals surface area contributed by atoms with Crippen molar-refractivity contribution in [2.24, 2.45) is 10.7 Å². The van der Waals surface area contributed by atoms with Gasteiger partial charge in [-0.3, -0.25) is 0 Å². The van der Waals surface area contributed by atoms with Gasteiger partial charge >= 0.3 is 0 Å². The molecule has 0 aliphatic carbocycles. The Morgan fingerprint density at radius 2 is 2.31 bits per heavy atom.